The van der Waals surface area contributed by atoms with Crippen molar-refractivity contribution < 1.29 is 40.6 Å². The van der Waals surface area contributed by atoms with Crippen molar-refractivity contribution in [1.29, 1.82) is 0 Å². The first-order valence-electron chi connectivity index (χ1n) is 10.3. The number of amides is 1. The van der Waals surface area contributed by atoms with Gasteiger partial charge in [0.1, 0.15) is 11.9 Å². The van der Waals surface area contributed by atoms with Gasteiger partial charge in [-0.25, -0.2) is 4.79 Å². The first-order valence-corrected chi connectivity index (χ1v) is 11.1. The van der Waals surface area contributed by atoms with Gasteiger partial charge in [-0.05, 0) is 44.2 Å². The van der Waals surface area contributed by atoms with Gasteiger partial charge in [-0.2, -0.15) is 26.3 Å². The van der Waals surface area contributed by atoms with Gasteiger partial charge in [-0.15, -0.1) is 11.3 Å². The van der Waals surface area contributed by atoms with E-state index in [4.69, 9.17) is 9.47 Å². The summed E-state index contributed by atoms with van der Waals surface area (Å²) in [6, 6.07) is 11.9. The first-order chi connectivity index (χ1) is 16.3. The second kappa shape index (κ2) is 8.47. The fourth-order valence-corrected chi connectivity index (χ4v) is 5.19. The van der Waals surface area contributed by atoms with Crippen molar-refractivity contribution in [2.45, 2.75) is 37.7 Å². The van der Waals surface area contributed by atoms with Crippen LogP contribution < -0.4 is 10.1 Å². The van der Waals surface area contributed by atoms with Crippen molar-refractivity contribution >= 4 is 38.8 Å². The standard InChI is InChI=1S/C24H19F6NO3S/c1-12(34-21(32)31-14-8-10-15(33-3)11-9-14)19-20(23(27,28)24(29,30)22(19,25)26)18-13(2)35-17-7-5-4-6-16(17)18/h4-12H,1-3H3,(H,31,32)/t12-/m0/s1. The summed E-state index contributed by atoms with van der Waals surface area (Å²) in [6.45, 7) is 2.25. The molecule has 4 nitrogen and oxygen atoms in total. The zero-order valence-corrected chi connectivity index (χ0v) is 19.4. The third kappa shape index (κ3) is 3.81. The number of nitrogens with one attached hydrogen (secondary N) is 1. The average molecular weight is 515 g/mol. The predicted molar refractivity (Wildman–Crippen MR) is 121 cm³/mol. The molecule has 1 heterocycles. The van der Waals surface area contributed by atoms with E-state index < -0.39 is 46.7 Å². The maximum absolute atomic E-state index is 15.1. The van der Waals surface area contributed by atoms with E-state index in [0.29, 0.717) is 10.4 Å². The molecule has 186 valence electrons. The fourth-order valence-electron chi connectivity index (χ4n) is 4.12. The van der Waals surface area contributed by atoms with E-state index in [2.05, 4.69) is 5.32 Å². The monoisotopic (exact) mass is 515 g/mol. The van der Waals surface area contributed by atoms with Crippen LogP contribution in [-0.4, -0.2) is 37.1 Å². The van der Waals surface area contributed by atoms with Crippen molar-refractivity contribution in [3.05, 3.63) is 64.5 Å². The number of hydrogen-bond donors (Lipinski definition) is 1. The lowest BCUT2D eigenvalue weighted by Crippen LogP contribution is -2.50. The molecule has 3 aromatic rings. The number of allylic oxidation sites excluding steroid dienone is 1. The molecule has 1 aliphatic carbocycles. The van der Waals surface area contributed by atoms with Crippen molar-refractivity contribution in [2.24, 2.45) is 0 Å². The van der Waals surface area contributed by atoms with Crippen LogP contribution in [0, 0.1) is 6.92 Å². The largest absolute Gasteiger partial charge is 0.497 e. The van der Waals surface area contributed by atoms with E-state index in [9.17, 15) is 22.4 Å². The number of fused-ring (bicyclic) bond motifs is 1. The van der Waals surface area contributed by atoms with Crippen LogP contribution in [0.15, 0.2) is 54.1 Å². The Morgan fingerprint density at radius 1 is 0.971 bits per heavy atom. The summed E-state index contributed by atoms with van der Waals surface area (Å²) in [7, 11) is 1.43. The Hall–Kier alpha value is -3.21. The number of ether oxygens (including phenoxy) is 2. The van der Waals surface area contributed by atoms with Crippen LogP contribution in [0.5, 0.6) is 5.75 Å². The molecule has 35 heavy (non-hydrogen) atoms. The predicted octanol–water partition coefficient (Wildman–Crippen LogP) is 7.53. The number of anilines is 1. The lowest BCUT2D eigenvalue weighted by Gasteiger charge is -2.26. The number of carbonyl (C=O) groups is 1. The Morgan fingerprint density at radius 3 is 2.23 bits per heavy atom. The molecule has 0 radical (unpaired) electrons. The van der Waals surface area contributed by atoms with Crippen LogP contribution in [0.3, 0.4) is 0 Å². The number of benzene rings is 2. The normalized spacial score (nSPS) is 19.0. The highest BCUT2D eigenvalue weighted by Gasteiger charge is 2.81. The van der Waals surface area contributed by atoms with Crippen LogP contribution in [0.4, 0.5) is 36.8 Å². The minimum absolute atomic E-state index is 0.130. The number of alkyl halides is 6. The summed E-state index contributed by atoms with van der Waals surface area (Å²) >= 11 is 1.01. The van der Waals surface area contributed by atoms with Crippen LogP contribution in [0.25, 0.3) is 15.7 Å². The number of carbonyl (C=O) groups excluding carboxylic acids is 1. The van der Waals surface area contributed by atoms with Crippen LogP contribution in [-0.2, 0) is 4.74 Å². The second-order valence-electron chi connectivity index (χ2n) is 7.94. The number of methoxy groups -OCH3 is 1. The Bertz CT molecular complexity index is 1320. The molecule has 1 aliphatic rings. The van der Waals surface area contributed by atoms with Crippen molar-refractivity contribution in [3.8, 4) is 5.75 Å². The third-order valence-electron chi connectivity index (χ3n) is 5.76. The molecule has 2 aromatic carbocycles. The summed E-state index contributed by atoms with van der Waals surface area (Å²) in [4.78, 5) is 12.5. The number of hydrogen-bond acceptors (Lipinski definition) is 4. The van der Waals surface area contributed by atoms with Crippen molar-refractivity contribution in [2.75, 3.05) is 12.4 Å². The Balaban J connectivity index is 1.78. The molecule has 0 aliphatic heterocycles. The molecule has 0 fully saturated rings. The van der Waals surface area contributed by atoms with E-state index in [0.717, 1.165) is 18.3 Å². The van der Waals surface area contributed by atoms with Crippen molar-refractivity contribution in [3.63, 3.8) is 0 Å². The maximum atomic E-state index is 15.1. The molecule has 0 spiro atoms. The molecule has 0 bridgehead atoms. The maximum Gasteiger partial charge on any atom is 0.412 e. The Labute approximate surface area is 200 Å². The molecule has 0 saturated heterocycles. The summed E-state index contributed by atoms with van der Waals surface area (Å²) in [6.07, 6.45) is -3.38. The van der Waals surface area contributed by atoms with Crippen molar-refractivity contribution in [1.82, 2.24) is 0 Å². The van der Waals surface area contributed by atoms with Crippen LogP contribution in [0.2, 0.25) is 0 Å². The minimum Gasteiger partial charge on any atom is -0.497 e. The number of thiophene rings is 1. The van der Waals surface area contributed by atoms with E-state index in [1.807, 2.05) is 0 Å². The van der Waals surface area contributed by atoms with Gasteiger partial charge < -0.3 is 9.47 Å². The molecule has 11 heteroatoms. The van der Waals surface area contributed by atoms with Gasteiger partial charge in [-0.3, -0.25) is 5.32 Å². The van der Waals surface area contributed by atoms with E-state index >= 15 is 8.78 Å². The lowest BCUT2D eigenvalue weighted by atomic mass is 9.94. The third-order valence-corrected chi connectivity index (χ3v) is 6.84. The molecule has 1 atom stereocenters. The van der Waals surface area contributed by atoms with E-state index in [-0.39, 0.29) is 16.0 Å². The second-order valence-corrected chi connectivity index (χ2v) is 9.20. The number of rotatable bonds is 5. The van der Waals surface area contributed by atoms with Gasteiger partial charge in [0, 0.05) is 31.8 Å². The van der Waals surface area contributed by atoms with E-state index in [1.54, 1.807) is 12.1 Å². The SMILES string of the molecule is COc1ccc(NC(=O)O[C@@H](C)C2=C(c3c(C)sc4ccccc34)C(F)(F)C(F)(F)C2(F)F)cc1. The van der Waals surface area contributed by atoms with Gasteiger partial charge in [0.25, 0.3) is 0 Å². The summed E-state index contributed by atoms with van der Waals surface area (Å²) < 4.78 is 99.5. The van der Waals surface area contributed by atoms with Gasteiger partial charge in [-0.1, -0.05) is 18.2 Å². The van der Waals surface area contributed by atoms with Gasteiger partial charge in [0.2, 0.25) is 0 Å². The molecular formula is C24H19F6NO3S. The average Bonchev–Trinajstić information content (AvgIpc) is 3.16. The molecule has 0 unspecified atom stereocenters. The first kappa shape index (κ1) is 24.9. The quantitative estimate of drug-likeness (QED) is 0.358. The summed E-state index contributed by atoms with van der Waals surface area (Å²) in [5.74, 6) is -15.8. The molecule has 0 saturated carbocycles. The lowest BCUT2D eigenvalue weighted by molar-refractivity contribution is -0.261. The van der Waals surface area contributed by atoms with Gasteiger partial charge in [0.15, 0.2) is 0 Å². The molecule has 1 amide bonds. The summed E-state index contributed by atoms with van der Waals surface area (Å²) in [5, 5.41) is 2.38. The number of halogens is 6. The molecular weight excluding hydrogens is 496 g/mol. The van der Waals surface area contributed by atoms with Gasteiger partial charge >= 0.3 is 23.9 Å². The fraction of sp³-hybridized carbons (Fsp3) is 0.292. The Kier molecular flexibility index (Phi) is 6.03. The number of aryl methyl sites for hydroxylation is 1. The minimum atomic E-state index is -5.73. The molecule has 1 aromatic heterocycles. The molecule has 1 N–H and O–H groups in total. The van der Waals surface area contributed by atoms with E-state index in [1.165, 1.54) is 50.4 Å². The summed E-state index contributed by atoms with van der Waals surface area (Å²) in [5.41, 5.74) is -3.38. The highest BCUT2D eigenvalue weighted by molar-refractivity contribution is 7.19. The smallest absolute Gasteiger partial charge is 0.412 e. The van der Waals surface area contributed by atoms with Crippen LogP contribution in [0.1, 0.15) is 17.4 Å². The molecule has 4 rings (SSSR count). The highest BCUT2D eigenvalue weighted by Crippen LogP contribution is 2.64. The van der Waals surface area contributed by atoms with Crippen LogP contribution >= 0.6 is 11.3 Å². The zero-order valence-electron chi connectivity index (χ0n) is 18.6. The zero-order chi connectivity index (χ0) is 25.8. The Morgan fingerprint density at radius 2 is 1.60 bits per heavy atom. The highest BCUT2D eigenvalue weighted by atomic mass is 32.1. The topological polar surface area (TPSA) is 47.6 Å². The van der Waals surface area contributed by atoms with Gasteiger partial charge in [0.05, 0.1) is 12.7 Å².